The number of nitrogens with one attached hydrogen (secondary N) is 1. The van der Waals surface area contributed by atoms with Crippen LogP contribution in [-0.2, 0) is 14.3 Å². The van der Waals surface area contributed by atoms with Crippen molar-refractivity contribution in [2.45, 2.75) is 57.0 Å². The number of hydrogen-bond donors (Lipinski definition) is 2. The zero-order chi connectivity index (χ0) is 25.2. The molecule has 7 nitrogen and oxygen atoms in total. The minimum atomic E-state index is -0.807. The molecule has 3 N–H and O–H groups in total. The van der Waals surface area contributed by atoms with E-state index in [2.05, 4.69) is 27.2 Å². The van der Waals surface area contributed by atoms with E-state index in [1.165, 1.54) is 5.56 Å². The maximum Gasteiger partial charge on any atom is 0.244 e. The summed E-state index contributed by atoms with van der Waals surface area (Å²) in [5.74, 6) is -0.748. The number of epoxide rings is 1. The molecule has 2 aromatic rings. The van der Waals surface area contributed by atoms with Gasteiger partial charge in [0.1, 0.15) is 18.4 Å². The van der Waals surface area contributed by atoms with Gasteiger partial charge in [-0.1, -0.05) is 66.9 Å². The molecule has 3 fully saturated rings. The van der Waals surface area contributed by atoms with Crippen molar-refractivity contribution in [1.82, 2.24) is 15.1 Å². The van der Waals surface area contributed by atoms with Gasteiger partial charge in [-0.3, -0.25) is 19.4 Å². The quantitative estimate of drug-likeness (QED) is 0.556. The standard InChI is InChI=1S/C28H35ClN4O3/c1-18-17-20(11-12-22(18)29)25-28(36-25)33-15-13-32(14-16-33)23-10-6-5-9-21(23)27(35)31-24(26(30)34)19-7-3-2-4-8-19/h2-4,7-8,11-12,17,21,23-25,28H,5-6,9-10,13-16H2,1H3,(H2,30,34)(H,31,35)/t21-,23-,24?,25?,28?/m1/s1. The molecule has 1 aliphatic carbocycles. The first-order chi connectivity index (χ1) is 17.4. The highest BCUT2D eigenvalue weighted by Crippen LogP contribution is 2.42. The Morgan fingerprint density at radius 2 is 1.72 bits per heavy atom. The first kappa shape index (κ1) is 25.2. The van der Waals surface area contributed by atoms with E-state index in [0.717, 1.165) is 62.4 Å². The minimum Gasteiger partial charge on any atom is -0.368 e. The van der Waals surface area contributed by atoms with Gasteiger partial charge in [-0.2, -0.15) is 0 Å². The maximum atomic E-state index is 13.4. The maximum absolute atomic E-state index is 13.4. The number of hydrogen-bond acceptors (Lipinski definition) is 5. The second kappa shape index (κ2) is 10.9. The number of rotatable bonds is 7. The predicted molar refractivity (Wildman–Crippen MR) is 139 cm³/mol. The lowest BCUT2D eigenvalue weighted by atomic mass is 9.82. The third kappa shape index (κ3) is 5.44. The molecule has 0 aromatic heterocycles. The number of amides is 2. The van der Waals surface area contributed by atoms with E-state index in [9.17, 15) is 9.59 Å². The number of nitrogens with zero attached hydrogens (tertiary/aromatic N) is 2. The molecule has 2 aliphatic heterocycles. The van der Waals surface area contributed by atoms with Crippen LogP contribution in [-0.4, -0.2) is 60.1 Å². The van der Waals surface area contributed by atoms with Crippen LogP contribution < -0.4 is 11.1 Å². The van der Waals surface area contributed by atoms with Crippen molar-refractivity contribution >= 4 is 23.4 Å². The van der Waals surface area contributed by atoms with Crippen LogP contribution in [0.15, 0.2) is 48.5 Å². The van der Waals surface area contributed by atoms with E-state index in [0.29, 0.717) is 5.56 Å². The van der Waals surface area contributed by atoms with Crippen molar-refractivity contribution in [1.29, 1.82) is 0 Å². The Balaban J connectivity index is 1.18. The first-order valence-corrected chi connectivity index (χ1v) is 13.3. The second-order valence-electron chi connectivity index (χ2n) is 10.2. The average Bonchev–Trinajstić information content (AvgIpc) is 3.70. The largest absolute Gasteiger partial charge is 0.368 e. The number of halogens is 1. The summed E-state index contributed by atoms with van der Waals surface area (Å²) in [4.78, 5) is 30.4. The Hall–Kier alpha value is -2.45. The van der Waals surface area contributed by atoms with Crippen LogP contribution in [0.3, 0.4) is 0 Å². The lowest BCUT2D eigenvalue weighted by molar-refractivity contribution is -0.133. The summed E-state index contributed by atoms with van der Waals surface area (Å²) in [6.45, 7) is 5.64. The molecule has 0 spiro atoms. The zero-order valence-electron chi connectivity index (χ0n) is 20.7. The number of carbonyl (C=O) groups is 2. The van der Waals surface area contributed by atoms with Gasteiger partial charge in [0.15, 0.2) is 0 Å². The molecule has 1 saturated carbocycles. The van der Waals surface area contributed by atoms with Crippen LogP contribution in [0, 0.1) is 12.8 Å². The fraction of sp³-hybridized carbons (Fsp3) is 0.500. The molecule has 192 valence electrons. The molecule has 0 bridgehead atoms. The Morgan fingerprint density at radius 3 is 2.42 bits per heavy atom. The molecule has 2 aromatic carbocycles. The fourth-order valence-electron chi connectivity index (χ4n) is 5.86. The number of primary amides is 1. The predicted octanol–water partition coefficient (Wildman–Crippen LogP) is 3.57. The lowest BCUT2D eigenvalue weighted by Crippen LogP contribution is -2.56. The van der Waals surface area contributed by atoms with Gasteiger partial charge in [0.05, 0.1) is 5.92 Å². The summed E-state index contributed by atoms with van der Waals surface area (Å²) in [6, 6.07) is 14.7. The highest BCUT2D eigenvalue weighted by atomic mass is 35.5. The molecule has 3 unspecified atom stereocenters. The van der Waals surface area contributed by atoms with E-state index in [-0.39, 0.29) is 30.2 Å². The fourth-order valence-corrected chi connectivity index (χ4v) is 5.98. The summed E-state index contributed by atoms with van der Waals surface area (Å²) >= 11 is 6.18. The molecule has 2 heterocycles. The van der Waals surface area contributed by atoms with E-state index < -0.39 is 11.9 Å². The van der Waals surface area contributed by atoms with Gasteiger partial charge in [0.25, 0.3) is 0 Å². The van der Waals surface area contributed by atoms with Crippen molar-refractivity contribution in [3.8, 4) is 0 Å². The molecule has 3 aliphatic rings. The number of aryl methyl sites for hydroxylation is 1. The summed E-state index contributed by atoms with van der Waals surface area (Å²) in [5, 5.41) is 3.74. The Kier molecular flexibility index (Phi) is 7.62. The minimum absolute atomic E-state index is 0.0709. The summed E-state index contributed by atoms with van der Waals surface area (Å²) < 4.78 is 6.04. The van der Waals surface area contributed by atoms with Crippen LogP contribution in [0.25, 0.3) is 0 Å². The monoisotopic (exact) mass is 510 g/mol. The van der Waals surface area contributed by atoms with Gasteiger partial charge in [0.2, 0.25) is 11.8 Å². The van der Waals surface area contributed by atoms with Crippen molar-refractivity contribution in [3.63, 3.8) is 0 Å². The van der Waals surface area contributed by atoms with E-state index in [1.54, 1.807) is 0 Å². The van der Waals surface area contributed by atoms with Crippen LogP contribution in [0.2, 0.25) is 5.02 Å². The van der Waals surface area contributed by atoms with Crippen molar-refractivity contribution in [2.24, 2.45) is 11.7 Å². The molecule has 0 radical (unpaired) electrons. The van der Waals surface area contributed by atoms with Gasteiger partial charge in [0, 0.05) is 37.2 Å². The zero-order valence-corrected chi connectivity index (χ0v) is 21.5. The summed E-state index contributed by atoms with van der Waals surface area (Å²) in [6.07, 6.45) is 4.19. The summed E-state index contributed by atoms with van der Waals surface area (Å²) in [5.41, 5.74) is 8.62. The van der Waals surface area contributed by atoms with Crippen LogP contribution in [0.1, 0.15) is 54.5 Å². The first-order valence-electron chi connectivity index (χ1n) is 13.0. The van der Waals surface area contributed by atoms with Gasteiger partial charge in [-0.25, -0.2) is 0 Å². The number of carbonyl (C=O) groups excluding carboxylic acids is 2. The lowest BCUT2D eigenvalue weighted by Gasteiger charge is -2.43. The highest BCUT2D eigenvalue weighted by molar-refractivity contribution is 6.31. The Labute approximate surface area is 217 Å². The molecule has 5 rings (SSSR count). The van der Waals surface area contributed by atoms with Gasteiger partial charge < -0.3 is 15.8 Å². The Bertz CT molecular complexity index is 1090. The van der Waals surface area contributed by atoms with Crippen molar-refractivity contribution in [2.75, 3.05) is 26.2 Å². The topological polar surface area (TPSA) is 91.2 Å². The number of benzene rings is 2. The second-order valence-corrected chi connectivity index (χ2v) is 10.6. The molecule has 8 heteroatoms. The van der Waals surface area contributed by atoms with E-state index >= 15 is 0 Å². The molecule has 2 saturated heterocycles. The smallest absolute Gasteiger partial charge is 0.244 e. The highest BCUT2D eigenvalue weighted by Gasteiger charge is 2.46. The van der Waals surface area contributed by atoms with Crippen molar-refractivity contribution < 1.29 is 14.3 Å². The van der Waals surface area contributed by atoms with Crippen molar-refractivity contribution in [3.05, 3.63) is 70.2 Å². The molecular formula is C28H35ClN4O3. The van der Waals surface area contributed by atoms with Gasteiger partial charge >= 0.3 is 0 Å². The van der Waals surface area contributed by atoms with Crippen LogP contribution in [0.4, 0.5) is 0 Å². The van der Waals surface area contributed by atoms with E-state index in [1.807, 2.05) is 43.3 Å². The summed E-state index contributed by atoms with van der Waals surface area (Å²) in [7, 11) is 0. The molecule has 2 amide bonds. The van der Waals surface area contributed by atoms with Gasteiger partial charge in [-0.05, 0) is 42.5 Å². The third-order valence-corrected chi connectivity index (χ3v) is 8.35. The number of piperazine rings is 1. The van der Waals surface area contributed by atoms with Crippen LogP contribution >= 0.6 is 11.6 Å². The average molecular weight is 511 g/mol. The number of ether oxygens (including phenoxy) is 1. The van der Waals surface area contributed by atoms with Gasteiger partial charge in [-0.15, -0.1) is 0 Å². The molecule has 5 atom stereocenters. The van der Waals surface area contributed by atoms with Crippen LogP contribution in [0.5, 0.6) is 0 Å². The Morgan fingerprint density at radius 1 is 1.03 bits per heavy atom. The SMILES string of the molecule is Cc1cc(C2OC2N2CCN([C@@H]3CCCC[C@H]3C(=O)NC(C(N)=O)c3ccccc3)CC2)ccc1Cl. The molecular weight excluding hydrogens is 476 g/mol. The third-order valence-electron chi connectivity index (χ3n) is 7.93. The number of nitrogens with two attached hydrogens (primary N) is 1. The molecule has 36 heavy (non-hydrogen) atoms. The normalized spacial score (nSPS) is 27.8. The van der Waals surface area contributed by atoms with E-state index in [4.69, 9.17) is 22.1 Å².